The first-order valence-corrected chi connectivity index (χ1v) is 11.8. The average molecular weight is 433 g/mol. The quantitative estimate of drug-likeness (QED) is 0.644. The molecule has 162 valence electrons. The van der Waals surface area contributed by atoms with E-state index in [4.69, 9.17) is 4.42 Å². The average Bonchev–Trinajstić information content (AvgIpc) is 3.45. The molecule has 1 aromatic heterocycles. The van der Waals surface area contributed by atoms with Gasteiger partial charge < -0.3 is 9.73 Å². The van der Waals surface area contributed by atoms with Crippen LogP contribution in [0.1, 0.15) is 42.2 Å². The summed E-state index contributed by atoms with van der Waals surface area (Å²) in [6.45, 7) is 3.82. The molecule has 0 spiro atoms. The number of sulfonamides is 1. The van der Waals surface area contributed by atoms with Crippen LogP contribution < -0.4 is 16.2 Å². The van der Waals surface area contributed by atoms with Crippen LogP contribution in [0.2, 0.25) is 0 Å². The minimum Gasteiger partial charge on any atom is -0.447 e. The summed E-state index contributed by atoms with van der Waals surface area (Å²) >= 11 is 0. The lowest BCUT2D eigenvalue weighted by Gasteiger charge is -2.30. The molecule has 2 unspecified atom stereocenters. The molecule has 2 fully saturated rings. The number of hydrazine groups is 1. The van der Waals surface area contributed by atoms with E-state index in [1.165, 1.54) is 15.9 Å². The smallest absolute Gasteiger partial charge is 0.276 e. The van der Waals surface area contributed by atoms with Gasteiger partial charge in [-0.05, 0) is 43.9 Å². The van der Waals surface area contributed by atoms with Crippen LogP contribution in [0.3, 0.4) is 0 Å². The maximum absolute atomic E-state index is 13.1. The molecule has 0 radical (unpaired) electrons. The number of hydrogen-bond acceptors (Lipinski definition) is 6. The van der Waals surface area contributed by atoms with Crippen LogP contribution in [0.4, 0.5) is 0 Å². The second-order valence-electron chi connectivity index (χ2n) is 7.97. The predicted octanol–water partition coefficient (Wildman–Crippen LogP) is 1.84. The molecule has 8 nitrogen and oxygen atoms in total. The Kier molecular flexibility index (Phi) is 6.24. The van der Waals surface area contributed by atoms with Gasteiger partial charge >= 0.3 is 0 Å². The fourth-order valence-electron chi connectivity index (χ4n) is 3.90. The standard InChI is InChI=1S/C21H28N4O4S/c1-15-4-6-16(7-5-15)13-22-21(26)17-3-2-12-25(14-17)30(27,28)20-9-8-19(29-20)18-10-11-23-24-18/h4-9,17-18,23-24H,2-3,10-14H2,1H3,(H,22,26). The number of rotatable bonds is 6. The van der Waals surface area contributed by atoms with Crippen molar-refractivity contribution in [3.8, 4) is 0 Å². The van der Waals surface area contributed by atoms with Crippen molar-refractivity contribution in [1.82, 2.24) is 20.5 Å². The number of furan rings is 1. The van der Waals surface area contributed by atoms with Gasteiger partial charge in [0.15, 0.2) is 0 Å². The summed E-state index contributed by atoms with van der Waals surface area (Å²) in [6, 6.07) is 11.2. The summed E-state index contributed by atoms with van der Waals surface area (Å²) in [6.07, 6.45) is 2.15. The van der Waals surface area contributed by atoms with Gasteiger partial charge in [0.05, 0.1) is 12.0 Å². The molecule has 4 rings (SSSR count). The van der Waals surface area contributed by atoms with Gasteiger partial charge in [0, 0.05) is 26.2 Å². The Morgan fingerprint density at radius 1 is 1.20 bits per heavy atom. The number of carbonyl (C=O) groups excluding carboxylic acids is 1. The molecule has 1 aromatic carbocycles. The first-order valence-electron chi connectivity index (χ1n) is 10.3. The van der Waals surface area contributed by atoms with Crippen LogP contribution in [-0.4, -0.2) is 38.3 Å². The van der Waals surface area contributed by atoms with E-state index in [9.17, 15) is 13.2 Å². The van der Waals surface area contributed by atoms with E-state index in [0.29, 0.717) is 31.7 Å². The summed E-state index contributed by atoms with van der Waals surface area (Å²) in [5, 5.41) is 2.88. The van der Waals surface area contributed by atoms with Gasteiger partial charge in [0.1, 0.15) is 5.76 Å². The second kappa shape index (κ2) is 8.89. The Balaban J connectivity index is 1.38. The second-order valence-corrected chi connectivity index (χ2v) is 9.84. The molecule has 1 amide bonds. The summed E-state index contributed by atoms with van der Waals surface area (Å²) < 4.78 is 33.2. The van der Waals surface area contributed by atoms with Crippen molar-refractivity contribution in [2.24, 2.45) is 5.92 Å². The zero-order chi connectivity index (χ0) is 21.1. The maximum Gasteiger partial charge on any atom is 0.276 e. The van der Waals surface area contributed by atoms with Crippen molar-refractivity contribution in [1.29, 1.82) is 0 Å². The van der Waals surface area contributed by atoms with E-state index in [-0.39, 0.29) is 29.5 Å². The van der Waals surface area contributed by atoms with Gasteiger partial charge in [-0.1, -0.05) is 29.8 Å². The minimum absolute atomic E-state index is 0.0318. The normalized spacial score (nSPS) is 22.8. The highest BCUT2D eigenvalue weighted by atomic mass is 32.2. The van der Waals surface area contributed by atoms with Crippen LogP contribution in [-0.2, 0) is 21.4 Å². The molecule has 2 saturated heterocycles. The number of nitrogens with one attached hydrogen (secondary N) is 3. The van der Waals surface area contributed by atoms with E-state index in [2.05, 4.69) is 16.2 Å². The Morgan fingerprint density at radius 3 is 2.73 bits per heavy atom. The Bertz CT molecular complexity index is 981. The summed E-state index contributed by atoms with van der Waals surface area (Å²) in [4.78, 5) is 12.7. The lowest BCUT2D eigenvalue weighted by molar-refractivity contribution is -0.126. The number of nitrogens with zero attached hydrogens (tertiary/aromatic N) is 1. The van der Waals surface area contributed by atoms with Crippen LogP contribution in [0.25, 0.3) is 0 Å². The summed E-state index contributed by atoms with van der Waals surface area (Å²) in [7, 11) is -3.77. The fourth-order valence-corrected chi connectivity index (χ4v) is 5.34. The monoisotopic (exact) mass is 432 g/mol. The number of aryl methyl sites for hydroxylation is 1. The van der Waals surface area contributed by atoms with E-state index < -0.39 is 10.0 Å². The van der Waals surface area contributed by atoms with Gasteiger partial charge in [0.2, 0.25) is 11.0 Å². The molecule has 9 heteroatoms. The zero-order valence-corrected chi connectivity index (χ0v) is 17.9. The highest BCUT2D eigenvalue weighted by molar-refractivity contribution is 7.89. The third-order valence-electron chi connectivity index (χ3n) is 5.72. The van der Waals surface area contributed by atoms with Crippen LogP contribution in [0.5, 0.6) is 0 Å². The molecule has 2 aliphatic rings. The first kappa shape index (κ1) is 21.0. The lowest BCUT2D eigenvalue weighted by Crippen LogP contribution is -2.45. The van der Waals surface area contributed by atoms with Gasteiger partial charge in [-0.25, -0.2) is 13.8 Å². The largest absolute Gasteiger partial charge is 0.447 e. The van der Waals surface area contributed by atoms with Gasteiger partial charge in [-0.15, -0.1) is 0 Å². The molecular formula is C21H28N4O4S. The van der Waals surface area contributed by atoms with E-state index in [1.807, 2.05) is 31.2 Å². The Labute approximate surface area is 177 Å². The number of benzene rings is 1. The van der Waals surface area contributed by atoms with E-state index in [0.717, 1.165) is 18.5 Å². The third-order valence-corrected chi connectivity index (χ3v) is 7.46. The maximum atomic E-state index is 13.1. The topological polar surface area (TPSA) is 104 Å². The number of hydrogen-bond donors (Lipinski definition) is 3. The summed E-state index contributed by atoms with van der Waals surface area (Å²) in [5.74, 6) is 0.119. The third kappa shape index (κ3) is 4.59. The van der Waals surface area contributed by atoms with Crippen molar-refractivity contribution < 1.29 is 17.6 Å². The molecule has 2 aliphatic heterocycles. The molecule has 2 atom stereocenters. The van der Waals surface area contributed by atoms with Crippen LogP contribution in [0, 0.1) is 12.8 Å². The van der Waals surface area contributed by atoms with E-state index >= 15 is 0 Å². The molecule has 3 heterocycles. The molecule has 0 aliphatic carbocycles. The minimum atomic E-state index is -3.77. The fraction of sp³-hybridized carbons (Fsp3) is 0.476. The SMILES string of the molecule is Cc1ccc(CNC(=O)C2CCCN(S(=O)(=O)c3ccc(C4CCNN4)o3)C2)cc1. The first-order chi connectivity index (χ1) is 14.4. The number of amides is 1. The number of piperidine rings is 1. The summed E-state index contributed by atoms with van der Waals surface area (Å²) in [5.41, 5.74) is 8.26. The van der Waals surface area contributed by atoms with Gasteiger partial charge in [-0.2, -0.15) is 4.31 Å². The Morgan fingerprint density at radius 2 is 2.00 bits per heavy atom. The van der Waals surface area contributed by atoms with Gasteiger partial charge in [-0.3, -0.25) is 10.2 Å². The van der Waals surface area contributed by atoms with E-state index in [1.54, 1.807) is 6.07 Å². The van der Waals surface area contributed by atoms with Crippen LogP contribution in [0.15, 0.2) is 45.9 Å². The van der Waals surface area contributed by atoms with Gasteiger partial charge in [0.25, 0.3) is 10.0 Å². The highest BCUT2D eigenvalue weighted by Gasteiger charge is 2.35. The van der Waals surface area contributed by atoms with Crippen LogP contribution >= 0.6 is 0 Å². The van der Waals surface area contributed by atoms with Crippen molar-refractivity contribution in [3.63, 3.8) is 0 Å². The molecule has 3 N–H and O–H groups in total. The Hall–Kier alpha value is -2.20. The van der Waals surface area contributed by atoms with Crippen molar-refractivity contribution in [3.05, 3.63) is 53.3 Å². The lowest BCUT2D eigenvalue weighted by atomic mass is 9.98. The molecular weight excluding hydrogens is 404 g/mol. The van der Waals surface area contributed by atoms with Crippen molar-refractivity contribution in [2.75, 3.05) is 19.6 Å². The molecule has 2 aromatic rings. The molecule has 0 bridgehead atoms. The van der Waals surface area contributed by atoms with Crippen molar-refractivity contribution >= 4 is 15.9 Å². The van der Waals surface area contributed by atoms with Crippen molar-refractivity contribution in [2.45, 2.75) is 43.9 Å². The number of carbonyl (C=O) groups is 1. The highest BCUT2D eigenvalue weighted by Crippen LogP contribution is 2.28. The predicted molar refractivity (Wildman–Crippen MR) is 112 cm³/mol. The zero-order valence-electron chi connectivity index (χ0n) is 17.1. The molecule has 0 saturated carbocycles. The molecule has 30 heavy (non-hydrogen) atoms.